The van der Waals surface area contributed by atoms with E-state index in [1.54, 1.807) is 13.3 Å². The molecule has 0 aliphatic carbocycles. The number of aromatic nitrogens is 2. The molecule has 7 heteroatoms. The number of benzene rings is 2. The Morgan fingerprint density at radius 1 is 1.03 bits per heavy atom. The lowest BCUT2D eigenvalue weighted by molar-refractivity contribution is 0.415. The predicted molar refractivity (Wildman–Crippen MR) is 148 cm³/mol. The highest BCUT2D eigenvalue weighted by Crippen LogP contribution is 2.31. The molecule has 36 heavy (non-hydrogen) atoms. The largest absolute Gasteiger partial charge is 0.496 e. The molecule has 0 saturated carbocycles. The Morgan fingerprint density at radius 3 is 2.36 bits per heavy atom. The van der Waals surface area contributed by atoms with Crippen molar-refractivity contribution >= 4 is 11.7 Å². The Labute approximate surface area is 214 Å². The Kier molecular flexibility index (Phi) is 9.17. The van der Waals surface area contributed by atoms with Crippen LogP contribution in [-0.4, -0.2) is 34.8 Å². The molecule has 0 spiro atoms. The Hall–Kier alpha value is -3.74. The number of methoxy groups -OCH3 is 1. The van der Waals surface area contributed by atoms with Crippen LogP contribution in [0.4, 0.5) is 0 Å². The monoisotopic (exact) mass is 486 g/mol. The highest BCUT2D eigenvalue weighted by atomic mass is 16.5. The molecule has 1 aromatic heterocycles. The summed E-state index contributed by atoms with van der Waals surface area (Å²) in [6.45, 7) is 8.35. The quantitative estimate of drug-likeness (QED) is 0.205. The van der Waals surface area contributed by atoms with Crippen molar-refractivity contribution in [1.29, 1.82) is 10.8 Å². The van der Waals surface area contributed by atoms with Gasteiger partial charge < -0.3 is 15.8 Å². The summed E-state index contributed by atoms with van der Waals surface area (Å²) in [7, 11) is 1.67. The summed E-state index contributed by atoms with van der Waals surface area (Å²) >= 11 is 0. The predicted octanol–water partition coefficient (Wildman–Crippen LogP) is 5.67. The number of ether oxygens (including phenoxy) is 1. The van der Waals surface area contributed by atoms with Crippen molar-refractivity contribution in [2.75, 3.05) is 7.11 Å². The third-order valence-corrected chi connectivity index (χ3v) is 6.04. The minimum absolute atomic E-state index is 0.0939. The zero-order valence-corrected chi connectivity index (χ0v) is 21.9. The lowest BCUT2D eigenvalue weighted by Crippen LogP contribution is -2.30. The van der Waals surface area contributed by atoms with Gasteiger partial charge in [0.15, 0.2) is 5.82 Å². The van der Waals surface area contributed by atoms with Gasteiger partial charge in [0.25, 0.3) is 0 Å². The average Bonchev–Trinajstić information content (AvgIpc) is 2.85. The second kappa shape index (κ2) is 12.3. The van der Waals surface area contributed by atoms with E-state index in [0.717, 1.165) is 53.0 Å². The molecule has 0 radical (unpaired) electrons. The first-order valence-electron chi connectivity index (χ1n) is 12.5. The molecule has 0 fully saturated rings. The van der Waals surface area contributed by atoms with E-state index in [0.29, 0.717) is 17.6 Å². The van der Waals surface area contributed by atoms with Crippen LogP contribution in [0.2, 0.25) is 0 Å². The van der Waals surface area contributed by atoms with Crippen molar-refractivity contribution < 1.29 is 4.74 Å². The van der Waals surface area contributed by atoms with Gasteiger partial charge in [-0.25, -0.2) is 9.97 Å². The highest BCUT2D eigenvalue weighted by Gasteiger charge is 2.16. The Morgan fingerprint density at radius 2 is 1.75 bits per heavy atom. The third-order valence-electron chi connectivity index (χ3n) is 6.04. The molecule has 1 atom stereocenters. The maximum absolute atomic E-state index is 8.17. The fraction of sp³-hybridized carbons (Fsp3) is 0.379. The van der Waals surface area contributed by atoms with Crippen LogP contribution in [0, 0.1) is 22.7 Å². The number of rotatable bonds is 11. The summed E-state index contributed by atoms with van der Waals surface area (Å²) in [6.07, 6.45) is 4.35. The van der Waals surface area contributed by atoms with Crippen molar-refractivity contribution in [1.82, 2.24) is 15.3 Å². The van der Waals surface area contributed by atoms with E-state index in [2.05, 4.69) is 30.2 Å². The second-order valence-corrected chi connectivity index (χ2v) is 9.87. The molecule has 1 unspecified atom stereocenters. The summed E-state index contributed by atoms with van der Waals surface area (Å²) in [5.74, 6) is 2.63. The number of hydrogen-bond donors (Lipinski definition) is 4. The van der Waals surface area contributed by atoms with Crippen LogP contribution in [0.3, 0.4) is 0 Å². The van der Waals surface area contributed by atoms with E-state index in [1.807, 2.05) is 56.3 Å². The molecule has 0 aliphatic heterocycles. The zero-order chi connectivity index (χ0) is 26.2. The van der Waals surface area contributed by atoms with Gasteiger partial charge >= 0.3 is 0 Å². The van der Waals surface area contributed by atoms with Crippen LogP contribution >= 0.6 is 0 Å². The molecule has 0 bridgehead atoms. The van der Waals surface area contributed by atoms with E-state index in [9.17, 15) is 0 Å². The van der Waals surface area contributed by atoms with Gasteiger partial charge in [0.2, 0.25) is 0 Å². The molecule has 0 amide bonds. The van der Waals surface area contributed by atoms with Gasteiger partial charge in [-0.3, -0.25) is 10.8 Å². The first-order chi connectivity index (χ1) is 17.2. The minimum atomic E-state index is 0.0939. The molecule has 3 rings (SSSR count). The van der Waals surface area contributed by atoms with Crippen LogP contribution < -0.4 is 15.8 Å². The molecule has 2 aromatic carbocycles. The molecule has 0 aliphatic rings. The van der Waals surface area contributed by atoms with Crippen molar-refractivity contribution in [3.8, 4) is 28.4 Å². The number of amidine groups is 2. The molecular weight excluding hydrogens is 448 g/mol. The van der Waals surface area contributed by atoms with E-state index < -0.39 is 0 Å². The van der Waals surface area contributed by atoms with Gasteiger partial charge in [0.1, 0.15) is 11.6 Å². The second-order valence-electron chi connectivity index (χ2n) is 9.87. The number of hydrogen-bond acceptors (Lipinski definition) is 5. The summed E-state index contributed by atoms with van der Waals surface area (Å²) in [5, 5.41) is 19.2. The van der Waals surface area contributed by atoms with E-state index in [-0.39, 0.29) is 17.8 Å². The van der Waals surface area contributed by atoms with Crippen molar-refractivity contribution in [3.63, 3.8) is 0 Å². The standard InChI is InChI=1S/C29H38N6O/c1-18(2)16-23(27(30)31)8-6-20-7-13-24(26(17-20)36-5)25-14-15-33-29(35-25)22-11-9-21(10-12-22)28(32)34-19(3)4/h7,9-15,17-19,23H,6,8,16H2,1-5H3,(H3,30,31)(H2,32,34). The summed E-state index contributed by atoms with van der Waals surface area (Å²) in [6, 6.07) is 16.0. The maximum Gasteiger partial charge on any atom is 0.159 e. The van der Waals surface area contributed by atoms with E-state index in [1.165, 1.54) is 0 Å². The number of nitrogens with two attached hydrogens (primary N) is 1. The fourth-order valence-electron chi connectivity index (χ4n) is 4.22. The normalized spacial score (nSPS) is 12.0. The van der Waals surface area contributed by atoms with Crippen LogP contribution in [0.15, 0.2) is 54.7 Å². The molecule has 3 aromatic rings. The summed E-state index contributed by atoms with van der Waals surface area (Å²) in [5.41, 5.74) is 10.4. The van der Waals surface area contributed by atoms with E-state index in [4.69, 9.17) is 26.3 Å². The van der Waals surface area contributed by atoms with E-state index >= 15 is 0 Å². The van der Waals surface area contributed by atoms with Crippen molar-refractivity contribution in [3.05, 3.63) is 65.9 Å². The molecule has 1 heterocycles. The SMILES string of the molecule is COc1cc(CCC(CC(C)C)C(=N)N)ccc1-c1ccnc(-c2ccc(C(=N)NC(C)C)cc2)n1. The van der Waals surface area contributed by atoms with Gasteiger partial charge in [-0.05, 0) is 62.8 Å². The smallest absolute Gasteiger partial charge is 0.159 e. The lowest BCUT2D eigenvalue weighted by Gasteiger charge is -2.18. The fourth-order valence-corrected chi connectivity index (χ4v) is 4.22. The topological polar surface area (TPSA) is 121 Å². The Balaban J connectivity index is 1.80. The average molecular weight is 487 g/mol. The first-order valence-corrected chi connectivity index (χ1v) is 12.5. The van der Waals surface area contributed by atoms with Gasteiger partial charge in [0.05, 0.1) is 18.6 Å². The molecular formula is C29H38N6O. The van der Waals surface area contributed by atoms with Crippen molar-refractivity contribution in [2.24, 2.45) is 17.6 Å². The van der Waals surface area contributed by atoms with Crippen LogP contribution in [0.25, 0.3) is 22.6 Å². The summed E-state index contributed by atoms with van der Waals surface area (Å²) in [4.78, 5) is 9.27. The Bertz CT molecular complexity index is 1190. The van der Waals surface area contributed by atoms with Crippen molar-refractivity contribution in [2.45, 2.75) is 53.0 Å². The number of aryl methyl sites for hydroxylation is 1. The van der Waals surface area contributed by atoms with Gasteiger partial charge in [-0.2, -0.15) is 0 Å². The van der Waals surface area contributed by atoms with Gasteiger partial charge in [0, 0.05) is 34.8 Å². The molecule has 190 valence electrons. The van der Waals surface area contributed by atoms with Crippen LogP contribution in [0.5, 0.6) is 5.75 Å². The number of nitrogens with one attached hydrogen (secondary N) is 3. The minimum Gasteiger partial charge on any atom is -0.496 e. The number of nitrogens with zero attached hydrogens (tertiary/aromatic N) is 2. The lowest BCUT2D eigenvalue weighted by atomic mass is 9.90. The van der Waals surface area contributed by atoms with Crippen LogP contribution in [-0.2, 0) is 6.42 Å². The van der Waals surface area contributed by atoms with Crippen LogP contribution in [0.1, 0.15) is 51.7 Å². The summed E-state index contributed by atoms with van der Waals surface area (Å²) < 4.78 is 5.72. The maximum atomic E-state index is 8.17. The molecule has 5 N–H and O–H groups in total. The van der Waals surface area contributed by atoms with Gasteiger partial charge in [-0.1, -0.05) is 44.2 Å². The molecule has 7 nitrogen and oxygen atoms in total. The molecule has 0 saturated heterocycles. The first kappa shape index (κ1) is 26.9. The zero-order valence-electron chi connectivity index (χ0n) is 21.9. The third kappa shape index (κ3) is 7.13. The highest BCUT2D eigenvalue weighted by molar-refractivity contribution is 5.96. The van der Waals surface area contributed by atoms with Gasteiger partial charge in [-0.15, -0.1) is 0 Å².